The Labute approximate surface area is 168 Å². The number of allylic oxidation sites excluding steroid dienone is 3. The maximum atomic E-state index is 13.0. The smallest absolute Gasteiger partial charge is 0.378 e. The monoisotopic (exact) mass is 434 g/mol. The van der Waals surface area contributed by atoms with Crippen LogP contribution in [0.5, 0.6) is 0 Å². The van der Waals surface area contributed by atoms with Crippen LogP contribution in [0.1, 0.15) is 18.4 Å². The van der Waals surface area contributed by atoms with E-state index in [0.29, 0.717) is 5.56 Å². The van der Waals surface area contributed by atoms with Gasteiger partial charge < -0.3 is 15.8 Å². The van der Waals surface area contributed by atoms with Gasteiger partial charge in [0, 0.05) is 17.9 Å². The first-order valence-corrected chi connectivity index (χ1v) is 9.18. The Kier molecular flexibility index (Phi) is 6.01. The van der Waals surface area contributed by atoms with Gasteiger partial charge in [-0.15, -0.1) is 0 Å². The first-order valence-electron chi connectivity index (χ1n) is 9.18. The molecule has 1 aliphatic heterocycles. The lowest BCUT2D eigenvalue weighted by Gasteiger charge is -2.31. The Morgan fingerprint density at radius 1 is 1.10 bits per heavy atom. The average Bonchev–Trinajstić information content (AvgIpc) is 2.96. The van der Waals surface area contributed by atoms with Crippen LogP contribution in [0.15, 0.2) is 53.6 Å². The van der Waals surface area contributed by atoms with Gasteiger partial charge in [-0.25, -0.2) is 0 Å². The molecule has 1 fully saturated rings. The number of carbonyl (C=O) groups is 1. The number of hydrogen-bond donors (Lipinski definition) is 2. The molecule has 1 heterocycles. The highest BCUT2D eigenvalue weighted by Crippen LogP contribution is 2.40. The van der Waals surface area contributed by atoms with Crippen LogP contribution in [0.25, 0.3) is 0 Å². The third kappa shape index (κ3) is 4.86. The second kappa shape index (κ2) is 8.07. The van der Waals surface area contributed by atoms with Crippen molar-refractivity contribution >= 4 is 5.91 Å². The Morgan fingerprint density at radius 3 is 2.30 bits per heavy atom. The number of carbonyl (C=O) groups excluding carboxylic acids is 1. The van der Waals surface area contributed by atoms with E-state index in [1.807, 2.05) is 0 Å². The molecule has 1 amide bonds. The van der Waals surface area contributed by atoms with Gasteiger partial charge in [0.15, 0.2) is 0 Å². The number of amides is 1. The molecular weight excluding hydrogens is 414 g/mol. The van der Waals surface area contributed by atoms with E-state index in [1.54, 1.807) is 30.3 Å². The van der Waals surface area contributed by atoms with E-state index in [4.69, 9.17) is 10.5 Å². The molecule has 10 heteroatoms. The molecule has 3 rings (SSSR count). The lowest BCUT2D eigenvalue weighted by molar-refractivity contribution is -0.121. The minimum absolute atomic E-state index is 0.132. The minimum Gasteiger partial charge on any atom is -0.378 e. The lowest BCUT2D eigenvalue weighted by Crippen LogP contribution is -2.43. The summed E-state index contributed by atoms with van der Waals surface area (Å²) < 4.78 is 83.8. The summed E-state index contributed by atoms with van der Waals surface area (Å²) in [6, 6.07) is 7.95. The van der Waals surface area contributed by atoms with Crippen molar-refractivity contribution in [1.82, 2.24) is 5.32 Å². The maximum absolute atomic E-state index is 13.0. The fourth-order valence-corrected chi connectivity index (χ4v) is 3.73. The maximum Gasteiger partial charge on any atom is 0.416 e. The van der Waals surface area contributed by atoms with Gasteiger partial charge in [0.1, 0.15) is 0 Å². The second-order valence-electron chi connectivity index (χ2n) is 7.51. The van der Waals surface area contributed by atoms with Crippen LogP contribution in [-0.2, 0) is 15.1 Å². The fourth-order valence-electron chi connectivity index (χ4n) is 3.73. The van der Waals surface area contributed by atoms with E-state index < -0.39 is 53.3 Å². The van der Waals surface area contributed by atoms with Gasteiger partial charge in [-0.05, 0) is 18.1 Å². The standard InChI is InChI=1S/C20H20F6N2O2/c21-19(22,23)14-6-12(7-15(8-14)20(24,25)26)10-30-11-18(9-16(27)17(29)28-18)13-4-2-1-3-5-13/h1-6,8,12,16H,7,9-11,27H2,(H,28,29)/t12?,16-,18+/m0/s1. The van der Waals surface area contributed by atoms with Gasteiger partial charge >= 0.3 is 12.4 Å². The molecule has 1 unspecified atom stereocenters. The number of benzene rings is 1. The summed E-state index contributed by atoms with van der Waals surface area (Å²) in [6.45, 7) is -0.500. The summed E-state index contributed by atoms with van der Waals surface area (Å²) >= 11 is 0. The Morgan fingerprint density at radius 2 is 1.77 bits per heavy atom. The summed E-state index contributed by atoms with van der Waals surface area (Å²) in [4.78, 5) is 12.0. The zero-order chi connectivity index (χ0) is 22.2. The van der Waals surface area contributed by atoms with E-state index in [-0.39, 0.29) is 25.7 Å². The van der Waals surface area contributed by atoms with E-state index in [2.05, 4.69) is 5.32 Å². The number of ether oxygens (including phenoxy) is 1. The number of halogens is 6. The van der Waals surface area contributed by atoms with Gasteiger partial charge in [-0.1, -0.05) is 36.4 Å². The van der Waals surface area contributed by atoms with E-state index >= 15 is 0 Å². The molecule has 0 aromatic heterocycles. The molecular formula is C20H20F6N2O2. The minimum atomic E-state index is -4.90. The molecule has 1 saturated heterocycles. The predicted molar refractivity (Wildman–Crippen MR) is 96.1 cm³/mol. The van der Waals surface area contributed by atoms with Gasteiger partial charge in [0.25, 0.3) is 0 Å². The zero-order valence-corrected chi connectivity index (χ0v) is 15.7. The molecule has 0 bridgehead atoms. The first kappa shape index (κ1) is 22.4. The summed E-state index contributed by atoms with van der Waals surface area (Å²) in [5.74, 6) is -1.51. The van der Waals surface area contributed by atoms with Crippen LogP contribution < -0.4 is 11.1 Å². The number of alkyl halides is 6. The number of nitrogens with one attached hydrogen (secondary N) is 1. The normalized spacial score (nSPS) is 27.5. The van der Waals surface area contributed by atoms with Crippen molar-refractivity contribution in [2.75, 3.05) is 13.2 Å². The molecule has 1 aromatic carbocycles. The molecule has 1 aliphatic carbocycles. The summed E-state index contributed by atoms with van der Waals surface area (Å²) in [5.41, 5.74) is 2.91. The van der Waals surface area contributed by atoms with Crippen molar-refractivity contribution in [2.45, 2.75) is 36.8 Å². The van der Waals surface area contributed by atoms with Gasteiger partial charge in [0.2, 0.25) is 5.91 Å². The zero-order valence-electron chi connectivity index (χ0n) is 15.7. The molecule has 3 atom stereocenters. The van der Waals surface area contributed by atoms with Crippen molar-refractivity contribution in [2.24, 2.45) is 11.7 Å². The van der Waals surface area contributed by atoms with Gasteiger partial charge in [-0.2, -0.15) is 26.3 Å². The van der Waals surface area contributed by atoms with Crippen molar-refractivity contribution < 1.29 is 35.9 Å². The number of nitrogens with two attached hydrogens (primary N) is 1. The Balaban J connectivity index is 1.75. The molecule has 164 valence electrons. The largest absolute Gasteiger partial charge is 0.416 e. The molecule has 4 nitrogen and oxygen atoms in total. The molecule has 2 aliphatic rings. The van der Waals surface area contributed by atoms with Crippen molar-refractivity contribution in [3.8, 4) is 0 Å². The molecule has 1 aromatic rings. The molecule has 30 heavy (non-hydrogen) atoms. The third-order valence-corrected chi connectivity index (χ3v) is 5.19. The van der Waals surface area contributed by atoms with Crippen LogP contribution in [0.2, 0.25) is 0 Å². The predicted octanol–water partition coefficient (Wildman–Crippen LogP) is 3.74. The summed E-state index contributed by atoms with van der Waals surface area (Å²) in [7, 11) is 0. The highest BCUT2D eigenvalue weighted by atomic mass is 19.4. The van der Waals surface area contributed by atoms with Crippen molar-refractivity contribution in [3.63, 3.8) is 0 Å². The van der Waals surface area contributed by atoms with Crippen LogP contribution in [-0.4, -0.2) is 37.5 Å². The average molecular weight is 434 g/mol. The molecule has 3 N–H and O–H groups in total. The first-order chi connectivity index (χ1) is 13.9. The summed E-state index contributed by atoms with van der Waals surface area (Å²) in [5, 5.41) is 2.76. The second-order valence-corrected chi connectivity index (χ2v) is 7.51. The molecule has 0 spiro atoms. The van der Waals surface area contributed by atoms with Crippen LogP contribution in [0.4, 0.5) is 26.3 Å². The van der Waals surface area contributed by atoms with Crippen molar-refractivity contribution in [1.29, 1.82) is 0 Å². The highest BCUT2D eigenvalue weighted by Gasteiger charge is 2.45. The molecule has 0 saturated carbocycles. The van der Waals surface area contributed by atoms with Gasteiger partial charge in [-0.3, -0.25) is 4.79 Å². The van der Waals surface area contributed by atoms with Crippen LogP contribution >= 0.6 is 0 Å². The van der Waals surface area contributed by atoms with Crippen molar-refractivity contribution in [3.05, 3.63) is 59.2 Å². The fraction of sp³-hybridized carbons (Fsp3) is 0.450. The van der Waals surface area contributed by atoms with E-state index in [9.17, 15) is 31.1 Å². The topological polar surface area (TPSA) is 64.3 Å². The molecule has 0 radical (unpaired) electrons. The van der Waals surface area contributed by atoms with E-state index in [1.165, 1.54) is 0 Å². The van der Waals surface area contributed by atoms with Crippen LogP contribution in [0.3, 0.4) is 0 Å². The highest BCUT2D eigenvalue weighted by molar-refractivity contribution is 5.85. The van der Waals surface area contributed by atoms with E-state index in [0.717, 1.165) is 6.08 Å². The SMILES string of the molecule is N[C@H]1C[C@@](COCC2C=C(C(F)(F)F)C=C(C(F)(F)F)C2)(c2ccccc2)NC1=O. The Bertz CT molecular complexity index is 847. The quantitative estimate of drug-likeness (QED) is 0.694. The lowest BCUT2D eigenvalue weighted by atomic mass is 9.88. The number of hydrogen-bond acceptors (Lipinski definition) is 3. The van der Waals surface area contributed by atoms with Crippen LogP contribution in [0, 0.1) is 5.92 Å². The third-order valence-electron chi connectivity index (χ3n) is 5.19. The number of rotatable bonds is 5. The Hall–Kier alpha value is -2.33. The van der Waals surface area contributed by atoms with Gasteiger partial charge in [0.05, 0.1) is 30.4 Å². The summed E-state index contributed by atoms with van der Waals surface area (Å²) in [6.07, 6.45) is -9.29.